The van der Waals surface area contributed by atoms with E-state index in [1.165, 1.54) is 13.8 Å². The summed E-state index contributed by atoms with van der Waals surface area (Å²) < 4.78 is 29.4. The molecule has 1 heterocycles. The Hall–Kier alpha value is -2.68. The van der Waals surface area contributed by atoms with Crippen molar-refractivity contribution in [3.05, 3.63) is 71.8 Å². The first-order valence-electron chi connectivity index (χ1n) is 10.7. The van der Waals surface area contributed by atoms with Crippen LogP contribution in [0.4, 0.5) is 0 Å². The highest BCUT2D eigenvalue weighted by Gasteiger charge is 2.57. The van der Waals surface area contributed by atoms with Gasteiger partial charge in [0.15, 0.2) is 5.60 Å². The van der Waals surface area contributed by atoms with Crippen LogP contribution in [0.1, 0.15) is 25.0 Å². The molecule has 170 valence electrons. The molecule has 4 atom stereocenters. The predicted molar refractivity (Wildman–Crippen MR) is 119 cm³/mol. The topological polar surface area (TPSA) is 80.3 Å². The van der Waals surface area contributed by atoms with Gasteiger partial charge in [-0.3, -0.25) is 9.59 Å². The maximum atomic E-state index is 11.8. The Kier molecular flexibility index (Phi) is 8.44. The number of hydrogen-bond acceptors (Lipinski definition) is 7. The van der Waals surface area contributed by atoms with E-state index < -0.39 is 35.8 Å². The third kappa shape index (κ3) is 6.42. The summed E-state index contributed by atoms with van der Waals surface area (Å²) in [4.78, 5) is 23.4. The SMILES string of the molecule is B[C@@H]1O[C@@](COCc2ccccc2)(COC(C)=O)[C@@H](OCc2ccccc2)[C@H]1OC(C)=O. The fourth-order valence-corrected chi connectivity index (χ4v) is 3.82. The summed E-state index contributed by atoms with van der Waals surface area (Å²) >= 11 is 0. The molecule has 1 saturated heterocycles. The van der Waals surface area contributed by atoms with Crippen LogP contribution in [-0.4, -0.2) is 56.8 Å². The van der Waals surface area contributed by atoms with E-state index in [1.807, 2.05) is 60.7 Å². The van der Waals surface area contributed by atoms with Gasteiger partial charge in [-0.15, -0.1) is 0 Å². The molecule has 0 spiro atoms. The van der Waals surface area contributed by atoms with E-state index >= 15 is 0 Å². The molecule has 0 N–H and O–H groups in total. The van der Waals surface area contributed by atoms with Gasteiger partial charge in [-0.1, -0.05) is 60.7 Å². The fraction of sp³-hybridized carbons (Fsp3) is 0.417. The van der Waals surface area contributed by atoms with Gasteiger partial charge < -0.3 is 23.7 Å². The molecule has 2 aromatic carbocycles. The number of benzene rings is 2. The number of esters is 2. The molecule has 32 heavy (non-hydrogen) atoms. The zero-order chi connectivity index (χ0) is 23.0. The van der Waals surface area contributed by atoms with Crippen molar-refractivity contribution in [2.75, 3.05) is 13.2 Å². The zero-order valence-corrected chi connectivity index (χ0v) is 18.7. The van der Waals surface area contributed by atoms with Crippen LogP contribution in [-0.2, 0) is 46.5 Å². The summed E-state index contributed by atoms with van der Waals surface area (Å²) in [5, 5.41) is 0. The van der Waals surface area contributed by atoms with E-state index in [9.17, 15) is 9.59 Å². The first-order valence-corrected chi connectivity index (χ1v) is 10.7. The van der Waals surface area contributed by atoms with Crippen molar-refractivity contribution in [1.82, 2.24) is 0 Å². The second kappa shape index (κ2) is 11.3. The Morgan fingerprint density at radius 1 is 0.906 bits per heavy atom. The van der Waals surface area contributed by atoms with E-state index in [2.05, 4.69) is 0 Å². The molecule has 8 heteroatoms. The average Bonchev–Trinajstić information content (AvgIpc) is 3.02. The smallest absolute Gasteiger partial charge is 0.303 e. The Morgan fingerprint density at radius 2 is 1.50 bits per heavy atom. The molecule has 0 bridgehead atoms. The highest BCUT2D eigenvalue weighted by molar-refractivity contribution is 6.11. The number of rotatable bonds is 10. The van der Waals surface area contributed by atoms with Crippen LogP contribution in [0.25, 0.3) is 0 Å². The lowest BCUT2D eigenvalue weighted by molar-refractivity contribution is -0.182. The van der Waals surface area contributed by atoms with Gasteiger partial charge in [0.05, 0.1) is 25.8 Å². The van der Waals surface area contributed by atoms with Crippen molar-refractivity contribution in [3.63, 3.8) is 0 Å². The highest BCUT2D eigenvalue weighted by Crippen LogP contribution is 2.36. The molecule has 0 saturated carbocycles. The summed E-state index contributed by atoms with van der Waals surface area (Å²) in [5.74, 6) is -0.881. The van der Waals surface area contributed by atoms with Gasteiger partial charge in [-0.25, -0.2) is 0 Å². The number of carbonyl (C=O) groups is 2. The lowest BCUT2D eigenvalue weighted by atomic mass is 9.89. The zero-order valence-electron chi connectivity index (χ0n) is 18.7. The normalized spacial score (nSPS) is 24.8. The molecule has 7 nitrogen and oxygen atoms in total. The van der Waals surface area contributed by atoms with Crippen molar-refractivity contribution in [3.8, 4) is 0 Å². The van der Waals surface area contributed by atoms with Gasteiger partial charge in [0.1, 0.15) is 26.7 Å². The quantitative estimate of drug-likeness (QED) is 0.413. The maximum Gasteiger partial charge on any atom is 0.303 e. The highest BCUT2D eigenvalue weighted by atomic mass is 16.7. The molecule has 2 aromatic rings. The van der Waals surface area contributed by atoms with Gasteiger partial charge in [-0.05, 0) is 11.1 Å². The van der Waals surface area contributed by atoms with Crippen molar-refractivity contribution in [2.24, 2.45) is 0 Å². The Balaban J connectivity index is 1.82. The van der Waals surface area contributed by atoms with Crippen LogP contribution in [0.3, 0.4) is 0 Å². The van der Waals surface area contributed by atoms with Gasteiger partial charge in [0.25, 0.3) is 0 Å². The molecule has 3 rings (SSSR count). The van der Waals surface area contributed by atoms with E-state index in [1.54, 1.807) is 7.85 Å². The van der Waals surface area contributed by atoms with Crippen molar-refractivity contribution < 1.29 is 33.3 Å². The summed E-state index contributed by atoms with van der Waals surface area (Å²) in [5.41, 5.74) is 0.828. The minimum absolute atomic E-state index is 0.0846. The lowest BCUT2D eigenvalue weighted by Crippen LogP contribution is -2.53. The fourth-order valence-electron chi connectivity index (χ4n) is 3.82. The molecule has 0 amide bonds. The first-order chi connectivity index (χ1) is 15.4. The summed E-state index contributed by atoms with van der Waals surface area (Å²) in [7, 11) is 1.80. The van der Waals surface area contributed by atoms with Gasteiger partial charge >= 0.3 is 11.9 Å². The van der Waals surface area contributed by atoms with E-state index in [0.717, 1.165) is 11.1 Å². The van der Waals surface area contributed by atoms with Crippen LogP contribution >= 0.6 is 0 Å². The molecular weight excluding hydrogens is 411 g/mol. The van der Waals surface area contributed by atoms with Gasteiger partial charge in [0, 0.05) is 13.8 Å². The lowest BCUT2D eigenvalue weighted by Gasteiger charge is -2.34. The molecule has 1 aliphatic rings. The molecule has 0 unspecified atom stereocenters. The predicted octanol–water partition coefficient (Wildman–Crippen LogP) is 2.01. The molecule has 0 aromatic heterocycles. The van der Waals surface area contributed by atoms with Crippen LogP contribution in [0, 0.1) is 0 Å². The van der Waals surface area contributed by atoms with Crippen LogP contribution in [0.5, 0.6) is 0 Å². The second-order valence-electron chi connectivity index (χ2n) is 7.94. The van der Waals surface area contributed by atoms with Crippen LogP contribution in [0.2, 0.25) is 0 Å². The third-order valence-corrected chi connectivity index (χ3v) is 5.25. The standard InChI is InChI=1S/C24H29BO7/c1-17(26)30-16-24(15-28-13-19-9-5-3-6-10-19)22(21(23(25)32-24)31-18(2)27)29-14-20-11-7-4-8-12-20/h3-12,21-23H,13-16,25H2,1-2H3/t21-,22+,23-,24+/m1/s1. The molecule has 1 aliphatic heterocycles. The molecule has 0 radical (unpaired) electrons. The van der Waals surface area contributed by atoms with Gasteiger partial charge in [-0.2, -0.15) is 0 Å². The molecule has 0 aliphatic carbocycles. The van der Waals surface area contributed by atoms with Crippen LogP contribution < -0.4 is 0 Å². The second-order valence-corrected chi connectivity index (χ2v) is 7.94. The molecular formula is C24H29BO7. The first kappa shape index (κ1) is 24.0. The Labute approximate surface area is 189 Å². The summed E-state index contributed by atoms with van der Waals surface area (Å²) in [6.45, 7) is 3.32. The number of carbonyl (C=O) groups excluding carboxylic acids is 2. The third-order valence-electron chi connectivity index (χ3n) is 5.25. The number of ether oxygens (including phenoxy) is 5. The monoisotopic (exact) mass is 440 g/mol. The Bertz CT molecular complexity index is 876. The van der Waals surface area contributed by atoms with Crippen LogP contribution in [0.15, 0.2) is 60.7 Å². The maximum absolute atomic E-state index is 11.8. The summed E-state index contributed by atoms with van der Waals surface area (Å²) in [6, 6.07) is 18.9. The van der Waals surface area contributed by atoms with E-state index in [4.69, 9.17) is 23.7 Å². The molecule has 1 fully saturated rings. The number of hydrogen-bond donors (Lipinski definition) is 0. The van der Waals surface area contributed by atoms with Crippen molar-refractivity contribution in [2.45, 2.75) is 50.9 Å². The van der Waals surface area contributed by atoms with E-state index in [0.29, 0.717) is 6.61 Å². The average molecular weight is 440 g/mol. The summed E-state index contributed by atoms with van der Waals surface area (Å²) in [6.07, 6.45) is -1.37. The minimum Gasteiger partial charge on any atom is -0.463 e. The van der Waals surface area contributed by atoms with Crippen molar-refractivity contribution in [1.29, 1.82) is 0 Å². The van der Waals surface area contributed by atoms with Crippen molar-refractivity contribution >= 4 is 19.8 Å². The largest absolute Gasteiger partial charge is 0.463 e. The van der Waals surface area contributed by atoms with E-state index in [-0.39, 0.29) is 19.8 Å². The minimum atomic E-state index is -1.13. The van der Waals surface area contributed by atoms with Gasteiger partial charge in [0.2, 0.25) is 0 Å². The Morgan fingerprint density at radius 3 is 2.06 bits per heavy atom.